The Bertz CT molecular complexity index is 1070. The van der Waals surface area contributed by atoms with Gasteiger partial charge in [0.25, 0.3) is 0 Å². The minimum Gasteiger partial charge on any atom is -0.497 e. The van der Waals surface area contributed by atoms with Crippen molar-refractivity contribution in [3.8, 4) is 5.75 Å². The second-order valence-corrected chi connectivity index (χ2v) is 9.03. The van der Waals surface area contributed by atoms with Gasteiger partial charge in [0.2, 0.25) is 5.91 Å². The average Bonchev–Trinajstić information content (AvgIpc) is 3.64. The van der Waals surface area contributed by atoms with Crippen molar-refractivity contribution in [1.82, 2.24) is 9.88 Å². The predicted octanol–water partition coefficient (Wildman–Crippen LogP) is 5.92. The van der Waals surface area contributed by atoms with E-state index in [9.17, 15) is 4.79 Å². The predicted molar refractivity (Wildman–Crippen MR) is 130 cm³/mol. The van der Waals surface area contributed by atoms with E-state index in [0.29, 0.717) is 11.6 Å². The lowest BCUT2D eigenvalue weighted by Gasteiger charge is -2.24. The van der Waals surface area contributed by atoms with Gasteiger partial charge in [-0.05, 0) is 62.4 Å². The molecule has 1 aromatic heterocycles. The maximum absolute atomic E-state index is 12.8. The second kappa shape index (κ2) is 10.2. The molecule has 1 N–H and O–H groups in total. The molecule has 1 saturated carbocycles. The van der Waals surface area contributed by atoms with E-state index in [-0.39, 0.29) is 17.9 Å². The Morgan fingerprint density at radius 1 is 1.25 bits per heavy atom. The van der Waals surface area contributed by atoms with Crippen molar-refractivity contribution in [2.75, 3.05) is 19.0 Å². The molecule has 168 valence electrons. The SMILES string of the molecule is COc1cc(NC(C)CCCN(Cc2ccc(Cl)cc2)C(=O)C2CC2)c2ncccc2c1. The zero-order valence-electron chi connectivity index (χ0n) is 18.7. The first-order valence-electron chi connectivity index (χ1n) is 11.3. The molecule has 32 heavy (non-hydrogen) atoms. The molecule has 6 heteroatoms. The van der Waals surface area contributed by atoms with Crippen molar-refractivity contribution < 1.29 is 9.53 Å². The molecule has 1 aliphatic rings. The Kier molecular flexibility index (Phi) is 7.15. The normalized spacial score (nSPS) is 14.2. The first-order chi connectivity index (χ1) is 15.5. The summed E-state index contributed by atoms with van der Waals surface area (Å²) < 4.78 is 5.46. The van der Waals surface area contributed by atoms with Crippen molar-refractivity contribution in [3.05, 3.63) is 65.3 Å². The summed E-state index contributed by atoms with van der Waals surface area (Å²) in [5.74, 6) is 1.31. The van der Waals surface area contributed by atoms with E-state index in [1.807, 2.05) is 59.6 Å². The van der Waals surface area contributed by atoms with Crippen LogP contribution in [0.15, 0.2) is 54.7 Å². The third-order valence-electron chi connectivity index (χ3n) is 5.91. The van der Waals surface area contributed by atoms with E-state index >= 15 is 0 Å². The van der Waals surface area contributed by atoms with Gasteiger partial charge in [0, 0.05) is 47.7 Å². The van der Waals surface area contributed by atoms with E-state index in [0.717, 1.165) is 60.1 Å². The molecule has 1 atom stereocenters. The minimum absolute atomic E-state index is 0.215. The van der Waals surface area contributed by atoms with Crippen LogP contribution in [0.1, 0.15) is 38.2 Å². The van der Waals surface area contributed by atoms with Crippen LogP contribution in [0.2, 0.25) is 5.02 Å². The smallest absolute Gasteiger partial charge is 0.225 e. The van der Waals surface area contributed by atoms with Gasteiger partial charge in [-0.15, -0.1) is 0 Å². The van der Waals surface area contributed by atoms with Crippen molar-refractivity contribution in [2.45, 2.75) is 45.2 Å². The molecular weight excluding hydrogens is 422 g/mol. The molecule has 1 fully saturated rings. The van der Waals surface area contributed by atoms with Gasteiger partial charge < -0.3 is 15.0 Å². The van der Waals surface area contributed by atoms with Gasteiger partial charge in [-0.25, -0.2) is 0 Å². The van der Waals surface area contributed by atoms with Gasteiger partial charge in [0.15, 0.2) is 0 Å². The summed E-state index contributed by atoms with van der Waals surface area (Å²) in [6, 6.07) is 16.0. The van der Waals surface area contributed by atoms with Crippen molar-refractivity contribution in [2.24, 2.45) is 5.92 Å². The summed E-state index contributed by atoms with van der Waals surface area (Å²) in [6.07, 6.45) is 5.71. The minimum atomic E-state index is 0.215. The van der Waals surface area contributed by atoms with Crippen LogP contribution in [-0.2, 0) is 11.3 Å². The number of fused-ring (bicyclic) bond motifs is 1. The summed E-state index contributed by atoms with van der Waals surface area (Å²) in [5.41, 5.74) is 3.02. The number of hydrogen-bond donors (Lipinski definition) is 1. The van der Waals surface area contributed by atoms with Gasteiger partial charge in [0.1, 0.15) is 5.75 Å². The van der Waals surface area contributed by atoms with Crippen LogP contribution in [0.25, 0.3) is 10.9 Å². The Labute approximate surface area is 194 Å². The molecule has 1 aliphatic carbocycles. The van der Waals surface area contributed by atoms with Crippen molar-refractivity contribution in [3.63, 3.8) is 0 Å². The molecule has 4 rings (SSSR count). The monoisotopic (exact) mass is 451 g/mol. The molecule has 1 heterocycles. The van der Waals surface area contributed by atoms with E-state index in [1.165, 1.54) is 0 Å². The molecule has 5 nitrogen and oxygen atoms in total. The van der Waals surface area contributed by atoms with Gasteiger partial charge in [-0.3, -0.25) is 9.78 Å². The molecule has 0 radical (unpaired) electrons. The van der Waals surface area contributed by atoms with Crippen LogP contribution in [0.4, 0.5) is 5.69 Å². The van der Waals surface area contributed by atoms with Gasteiger partial charge in [-0.2, -0.15) is 0 Å². The summed E-state index contributed by atoms with van der Waals surface area (Å²) in [4.78, 5) is 19.4. The number of aromatic nitrogens is 1. The summed E-state index contributed by atoms with van der Waals surface area (Å²) in [5, 5.41) is 5.36. The number of halogens is 1. The number of nitrogens with one attached hydrogen (secondary N) is 1. The van der Waals surface area contributed by atoms with Crippen molar-refractivity contribution in [1.29, 1.82) is 0 Å². The second-order valence-electron chi connectivity index (χ2n) is 8.60. The molecule has 0 bridgehead atoms. The molecule has 0 spiro atoms. The number of nitrogens with zero attached hydrogens (tertiary/aromatic N) is 2. The fraction of sp³-hybridized carbons (Fsp3) is 0.385. The molecule has 2 aromatic carbocycles. The highest BCUT2D eigenvalue weighted by molar-refractivity contribution is 6.30. The molecule has 3 aromatic rings. The number of amides is 1. The van der Waals surface area contributed by atoms with E-state index in [2.05, 4.69) is 17.2 Å². The number of benzene rings is 2. The Balaban J connectivity index is 1.37. The highest BCUT2D eigenvalue weighted by Gasteiger charge is 2.33. The maximum Gasteiger partial charge on any atom is 0.225 e. The number of carbonyl (C=O) groups is 1. The standard InChI is InChI=1S/C26H30ClN3O2/c1-18(29-24-16-23(32-2)15-21-6-3-13-28-25(21)24)5-4-14-30(26(31)20-9-10-20)17-19-7-11-22(27)12-8-19/h3,6-8,11-13,15-16,18,20,29H,4-5,9-10,14,17H2,1-2H3. The average molecular weight is 452 g/mol. The fourth-order valence-electron chi connectivity index (χ4n) is 3.98. The van der Waals surface area contributed by atoms with Gasteiger partial charge >= 0.3 is 0 Å². The van der Waals surface area contributed by atoms with Crippen LogP contribution in [-0.4, -0.2) is 35.5 Å². The number of rotatable bonds is 10. The largest absolute Gasteiger partial charge is 0.497 e. The zero-order valence-corrected chi connectivity index (χ0v) is 19.4. The fourth-order valence-corrected chi connectivity index (χ4v) is 4.11. The van der Waals surface area contributed by atoms with E-state index < -0.39 is 0 Å². The number of anilines is 1. The van der Waals surface area contributed by atoms with Crippen LogP contribution in [0.3, 0.4) is 0 Å². The van der Waals surface area contributed by atoms with E-state index in [1.54, 1.807) is 7.11 Å². The van der Waals surface area contributed by atoms with Gasteiger partial charge in [-0.1, -0.05) is 29.8 Å². The van der Waals surface area contributed by atoms with Crippen LogP contribution < -0.4 is 10.1 Å². The number of ether oxygens (including phenoxy) is 1. The number of hydrogen-bond acceptors (Lipinski definition) is 4. The van der Waals surface area contributed by atoms with Crippen LogP contribution >= 0.6 is 11.6 Å². The van der Waals surface area contributed by atoms with Crippen molar-refractivity contribution >= 4 is 34.1 Å². The first kappa shape index (κ1) is 22.4. The molecule has 0 saturated heterocycles. The molecule has 1 unspecified atom stereocenters. The third kappa shape index (κ3) is 5.71. The quantitative estimate of drug-likeness (QED) is 0.416. The highest BCUT2D eigenvalue weighted by Crippen LogP contribution is 2.32. The third-order valence-corrected chi connectivity index (χ3v) is 6.16. The summed E-state index contributed by atoms with van der Waals surface area (Å²) >= 11 is 6.01. The van der Waals surface area contributed by atoms with Crippen LogP contribution in [0.5, 0.6) is 5.75 Å². The molecular formula is C26H30ClN3O2. The topological polar surface area (TPSA) is 54.5 Å². The maximum atomic E-state index is 12.8. The Morgan fingerprint density at radius 3 is 2.75 bits per heavy atom. The Morgan fingerprint density at radius 2 is 2.03 bits per heavy atom. The molecule has 1 amide bonds. The summed E-state index contributed by atoms with van der Waals surface area (Å²) in [7, 11) is 1.68. The van der Waals surface area contributed by atoms with E-state index in [4.69, 9.17) is 16.3 Å². The number of methoxy groups -OCH3 is 1. The number of pyridine rings is 1. The lowest BCUT2D eigenvalue weighted by atomic mass is 10.1. The molecule has 0 aliphatic heterocycles. The first-order valence-corrected chi connectivity index (χ1v) is 11.6. The Hall–Kier alpha value is -2.79. The number of carbonyl (C=O) groups excluding carboxylic acids is 1. The van der Waals surface area contributed by atoms with Gasteiger partial charge in [0.05, 0.1) is 18.3 Å². The zero-order chi connectivity index (χ0) is 22.5. The summed E-state index contributed by atoms with van der Waals surface area (Å²) in [6.45, 7) is 3.56. The lowest BCUT2D eigenvalue weighted by Crippen LogP contribution is -2.33. The highest BCUT2D eigenvalue weighted by atomic mass is 35.5. The lowest BCUT2D eigenvalue weighted by molar-refractivity contribution is -0.133. The van der Waals surface area contributed by atoms with Crippen LogP contribution in [0, 0.1) is 5.92 Å².